The van der Waals surface area contributed by atoms with Crippen molar-refractivity contribution in [3.8, 4) is 0 Å². The Morgan fingerprint density at radius 2 is 2.15 bits per heavy atom. The third kappa shape index (κ3) is 6.30. The molecule has 0 bridgehead atoms. The number of rotatable bonds is 9. The standard InChI is InChI=1S/C15H22N2O2S/c1-12(18)9-14(11-20-8-7-17(2)3)15(19)13-5-4-6-16-10-13/h4-6,10,14H,7-9,11H2,1-3H3. The molecule has 110 valence electrons. The number of aromatic nitrogens is 1. The van der Waals surface area contributed by atoms with Gasteiger partial charge < -0.3 is 9.69 Å². The molecule has 1 atom stereocenters. The van der Waals surface area contributed by atoms with Gasteiger partial charge in [0.15, 0.2) is 5.78 Å². The van der Waals surface area contributed by atoms with E-state index in [2.05, 4.69) is 9.88 Å². The Morgan fingerprint density at radius 1 is 1.40 bits per heavy atom. The molecule has 0 fully saturated rings. The summed E-state index contributed by atoms with van der Waals surface area (Å²) in [7, 11) is 4.04. The Bertz CT molecular complexity index is 435. The molecule has 0 aromatic carbocycles. The predicted molar refractivity (Wildman–Crippen MR) is 83.2 cm³/mol. The zero-order valence-corrected chi connectivity index (χ0v) is 13.2. The minimum atomic E-state index is -0.246. The fourth-order valence-electron chi connectivity index (χ4n) is 1.79. The number of ketones is 2. The summed E-state index contributed by atoms with van der Waals surface area (Å²) in [5.74, 6) is 1.47. The van der Waals surface area contributed by atoms with Crippen LogP contribution in [0, 0.1) is 5.92 Å². The summed E-state index contributed by atoms with van der Waals surface area (Å²) in [6.07, 6.45) is 3.52. The maximum atomic E-state index is 12.4. The summed E-state index contributed by atoms with van der Waals surface area (Å²) in [6.45, 7) is 2.51. The Hall–Kier alpha value is -1.20. The molecule has 0 radical (unpaired) electrons. The van der Waals surface area contributed by atoms with Gasteiger partial charge in [-0.05, 0) is 33.2 Å². The zero-order chi connectivity index (χ0) is 15.0. The van der Waals surface area contributed by atoms with E-state index >= 15 is 0 Å². The van der Waals surface area contributed by atoms with Crippen molar-refractivity contribution >= 4 is 23.3 Å². The van der Waals surface area contributed by atoms with Gasteiger partial charge >= 0.3 is 0 Å². The summed E-state index contributed by atoms with van der Waals surface area (Å²) in [5, 5.41) is 0. The highest BCUT2D eigenvalue weighted by Crippen LogP contribution is 2.18. The van der Waals surface area contributed by atoms with E-state index in [0.717, 1.165) is 12.3 Å². The second-order valence-electron chi connectivity index (χ2n) is 5.09. The molecular weight excluding hydrogens is 272 g/mol. The van der Waals surface area contributed by atoms with Crippen molar-refractivity contribution in [2.45, 2.75) is 13.3 Å². The Morgan fingerprint density at radius 3 is 2.70 bits per heavy atom. The molecule has 20 heavy (non-hydrogen) atoms. The molecule has 0 saturated carbocycles. The van der Waals surface area contributed by atoms with Crippen LogP contribution >= 0.6 is 11.8 Å². The Balaban J connectivity index is 2.59. The number of hydrogen-bond acceptors (Lipinski definition) is 5. The van der Waals surface area contributed by atoms with Gasteiger partial charge in [0.2, 0.25) is 0 Å². The molecule has 0 aliphatic heterocycles. The van der Waals surface area contributed by atoms with Crippen molar-refractivity contribution in [2.24, 2.45) is 5.92 Å². The average Bonchev–Trinajstić information content (AvgIpc) is 2.41. The molecule has 1 unspecified atom stereocenters. The van der Waals surface area contributed by atoms with Crippen LogP contribution in [0.4, 0.5) is 0 Å². The topological polar surface area (TPSA) is 50.3 Å². The lowest BCUT2D eigenvalue weighted by molar-refractivity contribution is -0.117. The van der Waals surface area contributed by atoms with Gasteiger partial charge in [-0.3, -0.25) is 9.78 Å². The molecule has 5 heteroatoms. The maximum Gasteiger partial charge on any atom is 0.168 e. The number of pyridine rings is 1. The van der Waals surface area contributed by atoms with E-state index < -0.39 is 0 Å². The van der Waals surface area contributed by atoms with Crippen LogP contribution < -0.4 is 0 Å². The molecule has 0 N–H and O–H groups in total. The van der Waals surface area contributed by atoms with Crippen molar-refractivity contribution in [3.05, 3.63) is 30.1 Å². The van der Waals surface area contributed by atoms with E-state index in [1.807, 2.05) is 14.1 Å². The second-order valence-corrected chi connectivity index (χ2v) is 6.24. The molecule has 1 rings (SSSR count). The fourth-order valence-corrected chi connectivity index (χ4v) is 3.01. The molecular formula is C15H22N2O2S. The normalized spacial score (nSPS) is 12.4. The van der Waals surface area contributed by atoms with Crippen LogP contribution in [0.3, 0.4) is 0 Å². The minimum Gasteiger partial charge on any atom is -0.309 e. The van der Waals surface area contributed by atoms with Gasteiger partial charge in [-0.15, -0.1) is 0 Å². The third-order valence-electron chi connectivity index (χ3n) is 2.85. The summed E-state index contributed by atoms with van der Waals surface area (Å²) < 4.78 is 0. The van der Waals surface area contributed by atoms with Crippen molar-refractivity contribution in [1.29, 1.82) is 0 Å². The van der Waals surface area contributed by atoms with Crippen LogP contribution in [0.1, 0.15) is 23.7 Å². The van der Waals surface area contributed by atoms with Crippen molar-refractivity contribution in [1.82, 2.24) is 9.88 Å². The lowest BCUT2D eigenvalue weighted by Crippen LogP contribution is -2.22. The van der Waals surface area contributed by atoms with E-state index in [4.69, 9.17) is 0 Å². The third-order valence-corrected chi connectivity index (χ3v) is 3.96. The number of Topliss-reactive ketones (excluding diaryl/α,β-unsaturated/α-hetero) is 2. The second kappa shape index (κ2) is 8.87. The van der Waals surface area contributed by atoms with Gasteiger partial charge in [0.05, 0.1) is 0 Å². The summed E-state index contributed by atoms with van der Waals surface area (Å²) in [5.41, 5.74) is 0.590. The first-order valence-electron chi connectivity index (χ1n) is 6.67. The van der Waals surface area contributed by atoms with Crippen LogP contribution in [0.5, 0.6) is 0 Å². The van der Waals surface area contributed by atoms with E-state index in [1.54, 1.807) is 36.3 Å². The van der Waals surface area contributed by atoms with Crippen LogP contribution in [0.2, 0.25) is 0 Å². The number of nitrogens with zero attached hydrogens (tertiary/aromatic N) is 2. The number of hydrogen-bond donors (Lipinski definition) is 0. The molecule has 0 amide bonds. The first-order chi connectivity index (χ1) is 9.50. The largest absolute Gasteiger partial charge is 0.309 e. The molecule has 1 aromatic heterocycles. The highest BCUT2D eigenvalue weighted by Gasteiger charge is 2.21. The van der Waals surface area contributed by atoms with Crippen molar-refractivity contribution in [2.75, 3.05) is 32.1 Å². The lowest BCUT2D eigenvalue weighted by Gasteiger charge is -2.15. The van der Waals surface area contributed by atoms with Gasteiger partial charge in [0.1, 0.15) is 5.78 Å². The van der Waals surface area contributed by atoms with Crippen molar-refractivity contribution in [3.63, 3.8) is 0 Å². The van der Waals surface area contributed by atoms with E-state index in [1.165, 1.54) is 6.92 Å². The molecule has 4 nitrogen and oxygen atoms in total. The maximum absolute atomic E-state index is 12.4. The molecule has 0 saturated heterocycles. The quantitative estimate of drug-likeness (QED) is 0.516. The highest BCUT2D eigenvalue weighted by molar-refractivity contribution is 7.99. The number of thioether (sulfide) groups is 1. The van der Waals surface area contributed by atoms with Gasteiger partial charge in [-0.2, -0.15) is 11.8 Å². The molecule has 0 aliphatic carbocycles. The molecule has 0 spiro atoms. The van der Waals surface area contributed by atoms with Crippen LogP contribution in [0.15, 0.2) is 24.5 Å². The van der Waals surface area contributed by atoms with E-state index in [9.17, 15) is 9.59 Å². The fraction of sp³-hybridized carbons (Fsp3) is 0.533. The first-order valence-corrected chi connectivity index (χ1v) is 7.82. The van der Waals surface area contributed by atoms with Gasteiger partial charge in [0, 0.05) is 48.3 Å². The smallest absolute Gasteiger partial charge is 0.168 e. The van der Waals surface area contributed by atoms with Crippen LogP contribution in [-0.2, 0) is 4.79 Å². The zero-order valence-electron chi connectivity index (χ0n) is 12.3. The SMILES string of the molecule is CC(=O)CC(CSCCN(C)C)C(=O)c1cccnc1. The molecule has 1 heterocycles. The van der Waals surface area contributed by atoms with E-state index in [0.29, 0.717) is 17.7 Å². The first kappa shape index (κ1) is 16.9. The number of carbonyl (C=O) groups excluding carboxylic acids is 2. The van der Waals surface area contributed by atoms with Gasteiger partial charge in [0.25, 0.3) is 0 Å². The van der Waals surface area contributed by atoms with Crippen LogP contribution in [0.25, 0.3) is 0 Å². The van der Waals surface area contributed by atoms with Gasteiger partial charge in [-0.25, -0.2) is 0 Å². The van der Waals surface area contributed by atoms with Crippen molar-refractivity contribution < 1.29 is 9.59 Å². The summed E-state index contributed by atoms with van der Waals surface area (Å²) in [4.78, 5) is 29.8. The molecule has 1 aromatic rings. The minimum absolute atomic E-state index is 0.0191. The number of carbonyl (C=O) groups is 2. The van der Waals surface area contributed by atoms with Crippen LogP contribution in [-0.4, -0.2) is 53.6 Å². The van der Waals surface area contributed by atoms with E-state index in [-0.39, 0.29) is 17.5 Å². The monoisotopic (exact) mass is 294 g/mol. The Kier molecular flexibility index (Phi) is 7.47. The molecule has 0 aliphatic rings. The van der Waals surface area contributed by atoms with Gasteiger partial charge in [-0.1, -0.05) is 0 Å². The Labute approximate surface area is 125 Å². The summed E-state index contributed by atoms with van der Waals surface area (Å²) in [6, 6.07) is 3.50. The highest BCUT2D eigenvalue weighted by atomic mass is 32.2. The average molecular weight is 294 g/mol. The summed E-state index contributed by atoms with van der Waals surface area (Å²) >= 11 is 1.72. The predicted octanol–water partition coefficient (Wildman–Crippen LogP) is 2.15. The lowest BCUT2D eigenvalue weighted by atomic mass is 9.96.